The van der Waals surface area contributed by atoms with E-state index >= 15 is 0 Å². The zero-order valence-electron chi connectivity index (χ0n) is 15.3. The van der Waals surface area contributed by atoms with Crippen LogP contribution in [0.4, 0.5) is 0 Å². The van der Waals surface area contributed by atoms with Gasteiger partial charge in [-0.3, -0.25) is 9.59 Å². The SMILES string of the molecule is C=CC1(C)C=C2CCC(C(=C)C)C(C)(CCC(=O)OC)C2=CC1=O. The van der Waals surface area contributed by atoms with Crippen molar-refractivity contribution < 1.29 is 14.3 Å². The molecule has 0 aromatic heterocycles. The van der Waals surface area contributed by atoms with Gasteiger partial charge in [-0.1, -0.05) is 31.2 Å². The molecule has 0 saturated heterocycles. The molecule has 1 saturated carbocycles. The van der Waals surface area contributed by atoms with Gasteiger partial charge in [0.05, 0.1) is 12.5 Å². The van der Waals surface area contributed by atoms with Crippen molar-refractivity contribution in [3.8, 4) is 0 Å². The highest BCUT2D eigenvalue weighted by molar-refractivity contribution is 6.00. The van der Waals surface area contributed by atoms with Crippen molar-refractivity contribution in [2.24, 2.45) is 16.7 Å². The molecule has 130 valence electrons. The highest BCUT2D eigenvalue weighted by atomic mass is 16.5. The molecule has 0 radical (unpaired) electrons. The second-order valence-corrected chi connectivity index (χ2v) is 7.51. The molecule has 3 atom stereocenters. The average molecular weight is 328 g/mol. The first-order chi connectivity index (χ1) is 11.2. The van der Waals surface area contributed by atoms with Crippen molar-refractivity contribution in [3.05, 3.63) is 48.1 Å². The number of ether oxygens (including phenoxy) is 1. The predicted octanol–water partition coefficient (Wildman–Crippen LogP) is 4.56. The summed E-state index contributed by atoms with van der Waals surface area (Å²) in [7, 11) is 1.41. The van der Waals surface area contributed by atoms with E-state index in [1.165, 1.54) is 12.7 Å². The van der Waals surface area contributed by atoms with Gasteiger partial charge in [0, 0.05) is 6.42 Å². The minimum Gasteiger partial charge on any atom is -0.469 e. The van der Waals surface area contributed by atoms with E-state index in [0.29, 0.717) is 12.8 Å². The van der Waals surface area contributed by atoms with Crippen molar-refractivity contribution in [2.45, 2.75) is 46.5 Å². The summed E-state index contributed by atoms with van der Waals surface area (Å²) >= 11 is 0. The number of hydrogen-bond acceptors (Lipinski definition) is 3. The van der Waals surface area contributed by atoms with E-state index in [1.807, 2.05) is 13.8 Å². The normalized spacial score (nSPS) is 32.3. The molecule has 0 aliphatic heterocycles. The lowest BCUT2D eigenvalue weighted by Gasteiger charge is -2.47. The predicted molar refractivity (Wildman–Crippen MR) is 96.4 cm³/mol. The molecule has 1 fully saturated rings. The quantitative estimate of drug-likeness (QED) is 0.549. The lowest BCUT2D eigenvalue weighted by molar-refractivity contribution is -0.141. The molecule has 0 heterocycles. The maximum atomic E-state index is 12.7. The fraction of sp³-hybridized carbons (Fsp3) is 0.524. The minimum absolute atomic E-state index is 0.0582. The summed E-state index contributed by atoms with van der Waals surface area (Å²) in [5, 5.41) is 0. The number of hydrogen-bond donors (Lipinski definition) is 0. The van der Waals surface area contributed by atoms with Crippen LogP contribution in [-0.2, 0) is 14.3 Å². The number of ketones is 1. The van der Waals surface area contributed by atoms with Gasteiger partial charge in [0.25, 0.3) is 0 Å². The monoisotopic (exact) mass is 328 g/mol. The molecule has 0 bridgehead atoms. The van der Waals surface area contributed by atoms with Gasteiger partial charge >= 0.3 is 5.97 Å². The molecule has 3 unspecified atom stereocenters. The van der Waals surface area contributed by atoms with E-state index in [0.717, 1.165) is 24.0 Å². The summed E-state index contributed by atoms with van der Waals surface area (Å²) in [6, 6.07) is 0. The summed E-state index contributed by atoms with van der Waals surface area (Å²) in [6.07, 6.45) is 8.45. The van der Waals surface area contributed by atoms with Gasteiger partial charge in [0.2, 0.25) is 0 Å². The molecular formula is C21H28O3. The Morgan fingerprint density at radius 1 is 1.46 bits per heavy atom. The lowest BCUT2D eigenvalue weighted by atomic mass is 9.56. The first kappa shape index (κ1) is 18.4. The Bertz CT molecular complexity index is 652. The Morgan fingerprint density at radius 2 is 2.12 bits per heavy atom. The van der Waals surface area contributed by atoms with Crippen LogP contribution < -0.4 is 0 Å². The van der Waals surface area contributed by atoms with Crippen LogP contribution in [0.25, 0.3) is 0 Å². The van der Waals surface area contributed by atoms with Crippen LogP contribution in [0.5, 0.6) is 0 Å². The third kappa shape index (κ3) is 3.04. The van der Waals surface area contributed by atoms with Crippen molar-refractivity contribution >= 4 is 11.8 Å². The van der Waals surface area contributed by atoms with E-state index < -0.39 is 5.41 Å². The number of fused-ring (bicyclic) bond motifs is 1. The number of esters is 1. The van der Waals surface area contributed by atoms with Crippen molar-refractivity contribution in [1.29, 1.82) is 0 Å². The van der Waals surface area contributed by atoms with Gasteiger partial charge in [0.1, 0.15) is 0 Å². The number of carbonyl (C=O) groups is 2. The fourth-order valence-electron chi connectivity index (χ4n) is 4.16. The average Bonchev–Trinajstić information content (AvgIpc) is 2.54. The van der Waals surface area contributed by atoms with Gasteiger partial charge in [-0.15, -0.1) is 6.58 Å². The molecule has 2 aliphatic rings. The largest absolute Gasteiger partial charge is 0.469 e. The first-order valence-corrected chi connectivity index (χ1v) is 8.52. The Morgan fingerprint density at radius 3 is 2.67 bits per heavy atom. The van der Waals surface area contributed by atoms with E-state index in [4.69, 9.17) is 4.74 Å². The molecule has 2 aliphatic carbocycles. The Balaban J connectivity index is 2.46. The Kier molecular flexibility index (Phi) is 5.03. The summed E-state index contributed by atoms with van der Waals surface area (Å²) < 4.78 is 4.81. The first-order valence-electron chi connectivity index (χ1n) is 8.52. The summed E-state index contributed by atoms with van der Waals surface area (Å²) in [5.74, 6) is 0.0980. The topological polar surface area (TPSA) is 43.4 Å². The van der Waals surface area contributed by atoms with Crippen molar-refractivity contribution in [3.63, 3.8) is 0 Å². The van der Waals surface area contributed by atoms with Crippen molar-refractivity contribution in [1.82, 2.24) is 0 Å². The fourth-order valence-corrected chi connectivity index (χ4v) is 4.16. The molecule has 0 aromatic rings. The van der Waals surface area contributed by atoms with Gasteiger partial charge in [-0.25, -0.2) is 0 Å². The second-order valence-electron chi connectivity index (χ2n) is 7.51. The molecule has 3 nitrogen and oxygen atoms in total. The summed E-state index contributed by atoms with van der Waals surface area (Å²) in [4.78, 5) is 24.3. The maximum absolute atomic E-state index is 12.7. The van der Waals surface area contributed by atoms with Gasteiger partial charge in [0.15, 0.2) is 5.78 Å². The minimum atomic E-state index is -0.627. The second kappa shape index (κ2) is 6.54. The van der Waals surface area contributed by atoms with Gasteiger partial charge in [-0.2, -0.15) is 0 Å². The third-order valence-corrected chi connectivity index (χ3v) is 5.81. The van der Waals surface area contributed by atoms with Crippen LogP contribution in [0.15, 0.2) is 48.1 Å². The highest BCUT2D eigenvalue weighted by Gasteiger charge is 2.46. The highest BCUT2D eigenvalue weighted by Crippen LogP contribution is 2.55. The smallest absolute Gasteiger partial charge is 0.305 e. The molecule has 24 heavy (non-hydrogen) atoms. The van der Waals surface area contributed by atoms with Gasteiger partial charge < -0.3 is 4.74 Å². The van der Waals surface area contributed by atoms with Crippen LogP contribution in [0, 0.1) is 16.7 Å². The van der Waals surface area contributed by atoms with E-state index in [1.54, 1.807) is 12.2 Å². The van der Waals surface area contributed by atoms with Crippen molar-refractivity contribution in [2.75, 3.05) is 7.11 Å². The van der Waals surface area contributed by atoms with E-state index in [-0.39, 0.29) is 23.1 Å². The molecule has 0 spiro atoms. The molecule has 3 heteroatoms. The number of rotatable bonds is 5. The van der Waals surface area contributed by atoms with E-state index in [2.05, 4.69) is 26.2 Å². The molecule has 0 amide bonds. The molecule has 0 N–H and O–H groups in total. The van der Waals surface area contributed by atoms with Crippen LogP contribution in [0.2, 0.25) is 0 Å². The van der Waals surface area contributed by atoms with Gasteiger partial charge in [-0.05, 0) is 61.7 Å². The zero-order chi connectivity index (χ0) is 18.1. The molecule has 0 aromatic carbocycles. The molecular weight excluding hydrogens is 300 g/mol. The number of allylic oxidation sites excluding steroid dienone is 6. The number of carbonyl (C=O) groups excluding carboxylic acids is 2. The lowest BCUT2D eigenvalue weighted by Crippen LogP contribution is -2.39. The molecule has 2 rings (SSSR count). The van der Waals surface area contributed by atoms with Crippen LogP contribution in [0.3, 0.4) is 0 Å². The van der Waals surface area contributed by atoms with E-state index in [9.17, 15) is 9.59 Å². The van der Waals surface area contributed by atoms with Crippen LogP contribution in [-0.4, -0.2) is 18.9 Å². The Hall–Kier alpha value is -1.90. The standard InChI is InChI=1S/C21H28O3/c1-7-20(4)13-15-8-9-16(14(2)3)21(5,11-10-19(23)24-6)17(15)12-18(20)22/h7,12-13,16H,1-2,8-11H2,3-6H3. The Labute approximate surface area is 145 Å². The van der Waals surface area contributed by atoms with Crippen LogP contribution >= 0.6 is 0 Å². The maximum Gasteiger partial charge on any atom is 0.305 e. The third-order valence-electron chi connectivity index (χ3n) is 5.81. The summed E-state index contributed by atoms with van der Waals surface area (Å²) in [6.45, 7) is 14.1. The zero-order valence-corrected chi connectivity index (χ0v) is 15.3. The summed E-state index contributed by atoms with van der Waals surface area (Å²) in [5.41, 5.74) is 2.48. The van der Waals surface area contributed by atoms with Crippen LogP contribution in [0.1, 0.15) is 46.5 Å². The number of methoxy groups -OCH3 is 1.